The average Bonchev–Trinajstić information content (AvgIpc) is 2.71. The molecule has 0 saturated heterocycles. The van der Waals surface area contributed by atoms with Crippen molar-refractivity contribution in [2.75, 3.05) is 18.9 Å². The van der Waals surface area contributed by atoms with Crippen LogP contribution in [0.2, 0.25) is 0 Å². The summed E-state index contributed by atoms with van der Waals surface area (Å²) in [5, 5.41) is 1.23. The van der Waals surface area contributed by atoms with Crippen molar-refractivity contribution in [1.82, 2.24) is 4.57 Å². The molecule has 3 nitrogen and oxygen atoms in total. The first-order valence-corrected chi connectivity index (χ1v) is 6.59. The van der Waals surface area contributed by atoms with Crippen LogP contribution in [0.5, 0.6) is 0 Å². The smallest absolute Gasteiger partial charge is 0.0645 e. The van der Waals surface area contributed by atoms with Crippen LogP contribution in [0.1, 0.15) is 20.3 Å². The van der Waals surface area contributed by atoms with E-state index in [1.54, 1.807) is 0 Å². The Labute approximate surface area is 109 Å². The number of benzene rings is 1. The van der Waals surface area contributed by atoms with E-state index in [1.807, 2.05) is 12.1 Å². The van der Waals surface area contributed by atoms with Gasteiger partial charge in [0, 0.05) is 25.0 Å². The Morgan fingerprint density at radius 2 is 2.06 bits per heavy atom. The molecule has 0 bridgehead atoms. The molecule has 0 atom stereocenters. The van der Waals surface area contributed by atoms with Crippen molar-refractivity contribution in [1.29, 1.82) is 0 Å². The van der Waals surface area contributed by atoms with Gasteiger partial charge in [0.15, 0.2) is 0 Å². The quantitative estimate of drug-likeness (QED) is 0.627. The summed E-state index contributed by atoms with van der Waals surface area (Å²) in [6, 6.07) is 8.12. The summed E-state index contributed by atoms with van der Waals surface area (Å²) in [6.07, 6.45) is 3.22. The molecule has 0 amide bonds. The van der Waals surface area contributed by atoms with Crippen LogP contribution >= 0.6 is 0 Å². The summed E-state index contributed by atoms with van der Waals surface area (Å²) in [6.45, 7) is 6.91. The van der Waals surface area contributed by atoms with E-state index in [0.29, 0.717) is 5.92 Å². The molecule has 18 heavy (non-hydrogen) atoms. The molecule has 0 fully saturated rings. The number of hydrogen-bond donors (Lipinski definition) is 1. The molecular formula is C15H22N2O. The molecule has 1 aromatic carbocycles. The Morgan fingerprint density at radius 3 is 2.83 bits per heavy atom. The number of anilines is 1. The third kappa shape index (κ3) is 3.26. The Bertz CT molecular complexity index is 502. The zero-order chi connectivity index (χ0) is 13.0. The van der Waals surface area contributed by atoms with Gasteiger partial charge in [0.05, 0.1) is 12.1 Å². The Morgan fingerprint density at radius 1 is 1.22 bits per heavy atom. The monoisotopic (exact) mass is 246 g/mol. The fourth-order valence-corrected chi connectivity index (χ4v) is 1.98. The summed E-state index contributed by atoms with van der Waals surface area (Å²) in [7, 11) is 0. The van der Waals surface area contributed by atoms with Gasteiger partial charge >= 0.3 is 0 Å². The number of aromatic nitrogens is 1. The average molecular weight is 246 g/mol. The zero-order valence-electron chi connectivity index (χ0n) is 11.2. The predicted octanol–water partition coefficient (Wildman–Crippen LogP) is 3.29. The lowest BCUT2D eigenvalue weighted by molar-refractivity contribution is 0.117. The lowest BCUT2D eigenvalue weighted by Gasteiger charge is -2.08. The molecule has 0 saturated carbocycles. The maximum Gasteiger partial charge on any atom is 0.0645 e. The topological polar surface area (TPSA) is 40.2 Å². The largest absolute Gasteiger partial charge is 0.399 e. The molecule has 2 rings (SSSR count). The normalized spacial score (nSPS) is 11.5. The Kier molecular flexibility index (Phi) is 4.26. The van der Waals surface area contributed by atoms with E-state index in [-0.39, 0.29) is 0 Å². The standard InChI is InChI=1S/C15H22N2O/c1-12(2)6-9-18-10-8-17-7-5-13-3-4-14(16)11-15(13)17/h3-5,7,11-12H,6,8-10,16H2,1-2H3. The van der Waals surface area contributed by atoms with Gasteiger partial charge in [-0.3, -0.25) is 0 Å². The molecule has 0 unspecified atom stereocenters. The van der Waals surface area contributed by atoms with Crippen LogP contribution in [0.15, 0.2) is 30.5 Å². The van der Waals surface area contributed by atoms with Gasteiger partial charge in [-0.15, -0.1) is 0 Å². The van der Waals surface area contributed by atoms with Gasteiger partial charge in [0.2, 0.25) is 0 Å². The summed E-state index contributed by atoms with van der Waals surface area (Å²) in [4.78, 5) is 0. The first-order valence-electron chi connectivity index (χ1n) is 6.59. The van der Waals surface area contributed by atoms with Crippen LogP contribution in [-0.2, 0) is 11.3 Å². The molecule has 2 aromatic rings. The Hall–Kier alpha value is -1.48. The number of nitrogens with two attached hydrogens (primary N) is 1. The van der Waals surface area contributed by atoms with E-state index < -0.39 is 0 Å². The summed E-state index contributed by atoms with van der Waals surface area (Å²) in [5.74, 6) is 0.706. The molecule has 0 aliphatic carbocycles. The molecule has 3 heteroatoms. The molecule has 0 spiro atoms. The number of ether oxygens (including phenoxy) is 1. The fraction of sp³-hybridized carbons (Fsp3) is 0.467. The fourth-order valence-electron chi connectivity index (χ4n) is 1.98. The lowest BCUT2D eigenvalue weighted by Crippen LogP contribution is -2.07. The van der Waals surface area contributed by atoms with Crippen molar-refractivity contribution in [3.8, 4) is 0 Å². The summed E-state index contributed by atoms with van der Waals surface area (Å²) < 4.78 is 7.84. The molecule has 0 aliphatic rings. The molecule has 0 aliphatic heterocycles. The van der Waals surface area contributed by atoms with E-state index >= 15 is 0 Å². The lowest BCUT2D eigenvalue weighted by atomic mass is 10.1. The second-order valence-corrected chi connectivity index (χ2v) is 5.12. The first-order chi connectivity index (χ1) is 8.66. The van der Waals surface area contributed by atoms with Crippen molar-refractivity contribution < 1.29 is 4.74 Å². The molecule has 98 valence electrons. The van der Waals surface area contributed by atoms with Crippen LogP contribution in [0, 0.1) is 5.92 Å². The summed E-state index contributed by atoms with van der Waals surface area (Å²) in [5.41, 5.74) is 7.81. The zero-order valence-corrected chi connectivity index (χ0v) is 11.2. The van der Waals surface area contributed by atoms with Crippen LogP contribution in [0.4, 0.5) is 5.69 Å². The van der Waals surface area contributed by atoms with Gasteiger partial charge in [0.25, 0.3) is 0 Å². The van der Waals surface area contributed by atoms with Crippen LogP contribution < -0.4 is 5.73 Å². The predicted molar refractivity (Wildman–Crippen MR) is 76.6 cm³/mol. The van der Waals surface area contributed by atoms with E-state index in [4.69, 9.17) is 10.5 Å². The second-order valence-electron chi connectivity index (χ2n) is 5.12. The highest BCUT2D eigenvalue weighted by Crippen LogP contribution is 2.18. The molecule has 1 aromatic heterocycles. The third-order valence-corrected chi connectivity index (χ3v) is 3.11. The van der Waals surface area contributed by atoms with Crippen LogP contribution in [0.3, 0.4) is 0 Å². The van der Waals surface area contributed by atoms with E-state index in [9.17, 15) is 0 Å². The van der Waals surface area contributed by atoms with Gasteiger partial charge in [-0.05, 0) is 35.9 Å². The number of nitrogens with zero attached hydrogens (tertiary/aromatic N) is 1. The summed E-state index contributed by atoms with van der Waals surface area (Å²) >= 11 is 0. The van der Waals surface area contributed by atoms with Crippen molar-refractivity contribution in [3.63, 3.8) is 0 Å². The van der Waals surface area contributed by atoms with E-state index in [1.165, 1.54) is 10.9 Å². The minimum Gasteiger partial charge on any atom is -0.399 e. The third-order valence-electron chi connectivity index (χ3n) is 3.11. The molecule has 0 radical (unpaired) electrons. The minimum atomic E-state index is 0.706. The molecular weight excluding hydrogens is 224 g/mol. The number of fused-ring (bicyclic) bond motifs is 1. The van der Waals surface area contributed by atoms with Crippen LogP contribution in [-0.4, -0.2) is 17.8 Å². The maximum absolute atomic E-state index is 5.82. The van der Waals surface area contributed by atoms with E-state index in [0.717, 1.165) is 31.9 Å². The highest BCUT2D eigenvalue weighted by Gasteiger charge is 2.01. The molecule has 1 heterocycles. The van der Waals surface area contributed by atoms with Crippen LogP contribution in [0.25, 0.3) is 10.9 Å². The first kappa shape index (κ1) is 13.0. The second kappa shape index (κ2) is 5.91. The van der Waals surface area contributed by atoms with E-state index in [2.05, 4.69) is 36.7 Å². The number of hydrogen-bond acceptors (Lipinski definition) is 2. The highest BCUT2D eigenvalue weighted by atomic mass is 16.5. The minimum absolute atomic E-state index is 0.706. The van der Waals surface area contributed by atoms with Crippen molar-refractivity contribution in [2.24, 2.45) is 5.92 Å². The van der Waals surface area contributed by atoms with Crippen molar-refractivity contribution >= 4 is 16.6 Å². The van der Waals surface area contributed by atoms with Gasteiger partial charge < -0.3 is 15.0 Å². The van der Waals surface area contributed by atoms with Gasteiger partial charge in [0.1, 0.15) is 0 Å². The van der Waals surface area contributed by atoms with Gasteiger partial charge in [-0.1, -0.05) is 19.9 Å². The SMILES string of the molecule is CC(C)CCOCCn1ccc2ccc(N)cc21. The van der Waals surface area contributed by atoms with Crippen molar-refractivity contribution in [2.45, 2.75) is 26.8 Å². The Balaban J connectivity index is 1.89. The molecule has 2 N–H and O–H groups in total. The highest BCUT2D eigenvalue weighted by molar-refractivity contribution is 5.83. The van der Waals surface area contributed by atoms with Crippen molar-refractivity contribution in [3.05, 3.63) is 30.5 Å². The maximum atomic E-state index is 5.82. The number of rotatable bonds is 6. The number of nitrogen functional groups attached to an aromatic ring is 1. The van der Waals surface area contributed by atoms with Gasteiger partial charge in [-0.2, -0.15) is 0 Å². The van der Waals surface area contributed by atoms with Gasteiger partial charge in [-0.25, -0.2) is 0 Å².